The van der Waals surface area contributed by atoms with Crippen LogP contribution in [0.15, 0.2) is 34.7 Å². The minimum atomic E-state index is -0.672. The third-order valence-electron chi connectivity index (χ3n) is 19.7. The number of carbonyl (C=O) groups is 1. The molecule has 10 rings (SSSR count). The molecule has 294 valence electrons. The van der Waals surface area contributed by atoms with E-state index in [-0.39, 0.29) is 40.3 Å². The number of ether oxygens (including phenoxy) is 1. The van der Waals surface area contributed by atoms with Gasteiger partial charge >= 0.3 is 5.97 Å². The Kier molecular flexibility index (Phi) is 8.83. The van der Waals surface area contributed by atoms with E-state index in [1.165, 1.54) is 18.4 Å². The Bertz CT molecular complexity index is 1590. The molecule has 1 aliphatic heterocycles. The largest absolute Gasteiger partial charge is 0.472 e. The van der Waals surface area contributed by atoms with Crippen molar-refractivity contribution in [2.45, 2.75) is 173 Å². The maximum absolute atomic E-state index is 12.2. The summed E-state index contributed by atoms with van der Waals surface area (Å²) in [6, 6.07) is 2.11. The van der Waals surface area contributed by atoms with Gasteiger partial charge in [0.15, 0.2) is 0 Å². The van der Waals surface area contributed by atoms with E-state index in [2.05, 4.69) is 33.8 Å². The summed E-state index contributed by atoms with van der Waals surface area (Å²) in [7, 11) is 0. The molecule has 0 bridgehead atoms. The van der Waals surface area contributed by atoms with Gasteiger partial charge in [-0.3, -0.25) is 0 Å². The monoisotopic (exact) mass is 732 g/mol. The Balaban J connectivity index is 0.000000141. The lowest BCUT2D eigenvalue weighted by Crippen LogP contribution is -2.62. The average molecular weight is 733 g/mol. The van der Waals surface area contributed by atoms with Crippen molar-refractivity contribution in [3.05, 3.63) is 35.8 Å². The van der Waals surface area contributed by atoms with Crippen molar-refractivity contribution in [1.29, 1.82) is 0 Å². The second kappa shape index (κ2) is 12.7. The number of hydrogen-bond acceptors (Lipinski definition) is 7. The van der Waals surface area contributed by atoms with E-state index in [4.69, 9.17) is 9.15 Å². The maximum atomic E-state index is 12.2. The molecule has 9 aliphatic rings. The van der Waals surface area contributed by atoms with Crippen LogP contribution in [-0.4, -0.2) is 56.4 Å². The van der Waals surface area contributed by atoms with Gasteiger partial charge in [0.05, 0.1) is 35.9 Å². The van der Waals surface area contributed by atoms with Crippen molar-refractivity contribution in [2.75, 3.05) is 6.61 Å². The number of hydrogen-bond donors (Lipinski definition) is 4. The molecule has 0 radical (unpaired) electrons. The van der Waals surface area contributed by atoms with Crippen LogP contribution in [0.2, 0.25) is 0 Å². The molecule has 8 saturated carbocycles. The molecule has 8 aliphatic carbocycles. The summed E-state index contributed by atoms with van der Waals surface area (Å²) >= 11 is 0. The standard InChI is InChI=1S/C23H34O4.C23H34O3/c1-21-9-5-15(24)13-14(21)3-4-19-18(21)6-10-22(2)17(7-11-23(19,22)26)16-8-12-27-20(16)25;1-21-9-5-17(24)13-16(21)3-4-20-19(21)6-10-22(2)18(7-11-23(20,22)25)15-8-12-26-14-15/h8,14-15,17-19,24,26H,3-7,9-13H2,1-2H3;8,12,14,16-20,24-25H,3-7,9-11,13H2,1-2H3/t14-,15?,17-,18?,19?,21+,22-,23+;16-,17?,18-,19?,20?,21+,22-,23+/m11/s1. The summed E-state index contributed by atoms with van der Waals surface area (Å²) < 4.78 is 10.6. The van der Waals surface area contributed by atoms with Crippen LogP contribution in [-0.2, 0) is 9.53 Å². The van der Waals surface area contributed by atoms with E-state index in [1.54, 1.807) is 6.26 Å². The van der Waals surface area contributed by atoms with Gasteiger partial charge in [-0.05, 0) is 191 Å². The van der Waals surface area contributed by atoms with E-state index in [0.29, 0.717) is 53.4 Å². The van der Waals surface area contributed by atoms with Crippen LogP contribution in [0.25, 0.3) is 0 Å². The Morgan fingerprint density at radius 2 is 1.15 bits per heavy atom. The SMILES string of the molecule is C[C@]12CCC(O)C[C@H]1CCC1C2CC[C@]2(C)[C@@H](C3=CCOC3=O)CC[C@]12O.C[C@]12CCC(O)C[C@H]1CCC1C2CC[C@]2(C)[C@@H](c3ccoc3)CC[C@]12O. The lowest BCUT2D eigenvalue weighted by molar-refractivity contribution is -0.208. The van der Waals surface area contributed by atoms with Crippen molar-refractivity contribution in [2.24, 2.45) is 63.1 Å². The summed E-state index contributed by atoms with van der Waals surface area (Å²) in [5, 5.41) is 44.6. The summed E-state index contributed by atoms with van der Waals surface area (Å²) in [6.07, 6.45) is 24.1. The summed E-state index contributed by atoms with van der Waals surface area (Å²) in [4.78, 5) is 12.2. The third kappa shape index (κ3) is 5.13. The second-order valence-corrected chi connectivity index (χ2v) is 21.1. The van der Waals surface area contributed by atoms with Crippen LogP contribution < -0.4 is 0 Å². The zero-order valence-corrected chi connectivity index (χ0v) is 33.0. The van der Waals surface area contributed by atoms with Crippen LogP contribution in [0.5, 0.6) is 0 Å². The van der Waals surface area contributed by atoms with Crippen LogP contribution in [0.4, 0.5) is 0 Å². The first-order valence-electron chi connectivity index (χ1n) is 21.9. The molecular formula is C46H68O7. The Morgan fingerprint density at radius 1 is 0.623 bits per heavy atom. The Morgan fingerprint density at radius 3 is 1.64 bits per heavy atom. The van der Waals surface area contributed by atoms with E-state index < -0.39 is 11.2 Å². The van der Waals surface area contributed by atoms with Gasteiger partial charge in [0.1, 0.15) is 6.61 Å². The summed E-state index contributed by atoms with van der Waals surface area (Å²) in [5.74, 6) is 3.56. The second-order valence-electron chi connectivity index (χ2n) is 21.1. The highest BCUT2D eigenvalue weighted by atomic mass is 16.5. The highest BCUT2D eigenvalue weighted by Crippen LogP contribution is 2.72. The van der Waals surface area contributed by atoms with Gasteiger partial charge in [-0.2, -0.15) is 0 Å². The smallest absolute Gasteiger partial charge is 0.334 e. The first-order valence-corrected chi connectivity index (χ1v) is 21.9. The molecule has 4 N–H and O–H groups in total. The fourth-order valence-electron chi connectivity index (χ4n) is 16.6. The molecule has 16 atom stereocenters. The molecule has 7 heteroatoms. The average Bonchev–Trinajstić information content (AvgIpc) is 3.91. The number of carbonyl (C=O) groups excluding carboxylic acids is 1. The molecular weight excluding hydrogens is 664 g/mol. The van der Waals surface area contributed by atoms with E-state index in [9.17, 15) is 25.2 Å². The van der Waals surface area contributed by atoms with Gasteiger partial charge < -0.3 is 29.6 Å². The molecule has 7 nitrogen and oxygen atoms in total. The minimum Gasteiger partial charge on any atom is -0.472 e. The molecule has 2 heterocycles. The highest BCUT2D eigenvalue weighted by molar-refractivity contribution is 5.91. The van der Waals surface area contributed by atoms with Gasteiger partial charge in [-0.25, -0.2) is 4.79 Å². The Labute approximate surface area is 317 Å². The lowest BCUT2D eigenvalue weighted by atomic mass is 9.43. The molecule has 1 aromatic heterocycles. The number of esters is 1. The maximum Gasteiger partial charge on any atom is 0.334 e. The Hall–Kier alpha value is -1.67. The van der Waals surface area contributed by atoms with Crippen LogP contribution >= 0.6 is 0 Å². The fraction of sp³-hybridized carbons (Fsp3) is 0.848. The first kappa shape index (κ1) is 36.9. The van der Waals surface area contributed by atoms with E-state index >= 15 is 0 Å². The molecule has 6 unspecified atom stereocenters. The van der Waals surface area contributed by atoms with E-state index in [1.807, 2.05) is 12.3 Å². The van der Waals surface area contributed by atoms with Crippen molar-refractivity contribution in [3.8, 4) is 0 Å². The van der Waals surface area contributed by atoms with Gasteiger partial charge in [-0.15, -0.1) is 0 Å². The van der Waals surface area contributed by atoms with Crippen LogP contribution in [0.3, 0.4) is 0 Å². The number of cyclic esters (lactones) is 1. The van der Waals surface area contributed by atoms with Crippen LogP contribution in [0.1, 0.15) is 155 Å². The molecule has 53 heavy (non-hydrogen) atoms. The van der Waals surface area contributed by atoms with Gasteiger partial charge in [-0.1, -0.05) is 27.7 Å². The molecule has 0 spiro atoms. The quantitative estimate of drug-likeness (QED) is 0.225. The molecule has 1 aromatic rings. The number of aliphatic hydroxyl groups excluding tert-OH is 2. The van der Waals surface area contributed by atoms with Crippen molar-refractivity contribution in [3.63, 3.8) is 0 Å². The van der Waals surface area contributed by atoms with Gasteiger partial charge in [0.2, 0.25) is 0 Å². The molecule has 8 fully saturated rings. The number of furan rings is 1. The predicted molar refractivity (Wildman–Crippen MR) is 202 cm³/mol. The zero-order valence-electron chi connectivity index (χ0n) is 33.0. The number of aliphatic hydroxyl groups is 4. The fourth-order valence-corrected chi connectivity index (χ4v) is 16.6. The van der Waals surface area contributed by atoms with E-state index in [0.717, 1.165) is 108 Å². The number of fused-ring (bicyclic) bond motifs is 10. The van der Waals surface area contributed by atoms with Crippen molar-refractivity contribution in [1.82, 2.24) is 0 Å². The molecule has 0 saturated heterocycles. The first-order chi connectivity index (χ1) is 25.2. The van der Waals surface area contributed by atoms with Crippen LogP contribution in [0, 0.1) is 63.1 Å². The normalized spacial score (nSPS) is 54.1. The lowest BCUT2D eigenvalue weighted by Gasteiger charge is -2.63. The highest BCUT2D eigenvalue weighted by Gasteiger charge is 2.69. The summed E-state index contributed by atoms with van der Waals surface area (Å²) in [5.41, 5.74) is 1.21. The zero-order chi connectivity index (χ0) is 37.2. The minimum absolute atomic E-state index is 0.0323. The predicted octanol–water partition coefficient (Wildman–Crippen LogP) is 8.49. The van der Waals surface area contributed by atoms with Gasteiger partial charge in [0, 0.05) is 16.4 Å². The third-order valence-corrected chi connectivity index (χ3v) is 19.7. The topological polar surface area (TPSA) is 120 Å². The molecule has 0 aromatic carbocycles. The number of rotatable bonds is 2. The summed E-state index contributed by atoms with van der Waals surface area (Å²) in [6.45, 7) is 9.91. The van der Waals surface area contributed by atoms with Crippen molar-refractivity contribution < 1.29 is 34.4 Å². The van der Waals surface area contributed by atoms with Gasteiger partial charge in [0.25, 0.3) is 0 Å². The molecule has 0 amide bonds. The van der Waals surface area contributed by atoms with Crippen molar-refractivity contribution >= 4 is 5.97 Å².